The molecule has 5 rings (SSSR count). The third kappa shape index (κ3) is 3.47. The van der Waals surface area contributed by atoms with E-state index in [0.717, 1.165) is 11.8 Å². The maximum Gasteiger partial charge on any atom is 0.373 e. The first-order valence-electron chi connectivity index (χ1n) is 8.66. The van der Waals surface area contributed by atoms with Crippen LogP contribution in [-0.2, 0) is 22.6 Å². The van der Waals surface area contributed by atoms with Crippen molar-refractivity contribution in [1.29, 1.82) is 0 Å². The van der Waals surface area contributed by atoms with Crippen molar-refractivity contribution in [2.45, 2.75) is 13.0 Å². The molecule has 0 fully saturated rings. The summed E-state index contributed by atoms with van der Waals surface area (Å²) in [5.41, 5.74) is 8.66. The van der Waals surface area contributed by atoms with Gasteiger partial charge in [-0.2, -0.15) is 24.2 Å². The number of nitrogens with zero attached hydrogens (tertiary/aromatic N) is 6. The number of rotatable bonds is 4. The number of nitrogens with two attached hydrogens (primary N) is 1. The van der Waals surface area contributed by atoms with Crippen molar-refractivity contribution in [3.63, 3.8) is 0 Å². The minimum atomic E-state index is 0.250. The van der Waals surface area contributed by atoms with Crippen molar-refractivity contribution in [2.75, 3.05) is 5.73 Å². The summed E-state index contributed by atoms with van der Waals surface area (Å²) in [6.45, 7) is 0.704. The summed E-state index contributed by atoms with van der Waals surface area (Å²) in [4.78, 5) is 25.3. The van der Waals surface area contributed by atoms with Crippen molar-refractivity contribution in [3.8, 4) is 11.6 Å². The van der Waals surface area contributed by atoms with Crippen LogP contribution in [0.25, 0.3) is 28.3 Å². The Hall–Kier alpha value is -4.30. The van der Waals surface area contributed by atoms with Crippen molar-refractivity contribution in [1.82, 2.24) is 29.4 Å². The van der Waals surface area contributed by atoms with Crippen LogP contribution in [0.2, 0.25) is 0 Å². The maximum atomic E-state index is 8.12. The molecule has 29 heavy (non-hydrogen) atoms. The SMILES string of the molecule is Nc1nc2c(cnn2CCc2ccccc2)c2nc(-c3ccco3)nn12.O=C=O. The zero-order valence-electron chi connectivity index (χ0n) is 15.1. The highest BCUT2D eigenvalue weighted by Crippen LogP contribution is 2.23. The minimum absolute atomic E-state index is 0.250. The lowest BCUT2D eigenvalue weighted by atomic mass is 10.1. The number of hydrogen-bond donors (Lipinski definition) is 1. The number of anilines is 1. The van der Waals surface area contributed by atoms with E-state index in [0.29, 0.717) is 29.4 Å². The van der Waals surface area contributed by atoms with E-state index in [2.05, 4.69) is 32.3 Å². The van der Waals surface area contributed by atoms with E-state index < -0.39 is 0 Å². The van der Waals surface area contributed by atoms with Gasteiger partial charge in [-0.25, -0.2) is 9.67 Å². The van der Waals surface area contributed by atoms with Crippen LogP contribution in [0.3, 0.4) is 0 Å². The fourth-order valence-corrected chi connectivity index (χ4v) is 3.01. The molecule has 4 heterocycles. The van der Waals surface area contributed by atoms with Gasteiger partial charge in [0.2, 0.25) is 11.8 Å². The lowest BCUT2D eigenvalue weighted by Gasteiger charge is -2.04. The molecule has 0 saturated carbocycles. The van der Waals surface area contributed by atoms with E-state index in [1.165, 1.54) is 10.1 Å². The first-order chi connectivity index (χ1) is 14.2. The van der Waals surface area contributed by atoms with Gasteiger partial charge in [-0.3, -0.25) is 0 Å². The highest BCUT2D eigenvalue weighted by atomic mass is 16.3. The van der Waals surface area contributed by atoms with Gasteiger partial charge in [0.1, 0.15) is 0 Å². The van der Waals surface area contributed by atoms with Gasteiger partial charge in [0.05, 0.1) is 17.8 Å². The molecule has 0 amide bonds. The first kappa shape index (κ1) is 18.1. The van der Waals surface area contributed by atoms with Gasteiger partial charge >= 0.3 is 6.15 Å². The molecule has 0 aliphatic carbocycles. The second kappa shape index (κ2) is 7.75. The van der Waals surface area contributed by atoms with Gasteiger partial charge in [-0.1, -0.05) is 30.3 Å². The topological polar surface area (TPSA) is 134 Å². The number of aryl methyl sites for hydroxylation is 2. The molecule has 5 aromatic rings. The van der Waals surface area contributed by atoms with Gasteiger partial charge in [-0.05, 0) is 24.1 Å². The molecular formula is C19H15N7O3. The molecule has 0 radical (unpaired) electrons. The molecule has 10 heteroatoms. The summed E-state index contributed by atoms with van der Waals surface area (Å²) in [7, 11) is 0. The van der Waals surface area contributed by atoms with Gasteiger partial charge in [0.15, 0.2) is 17.1 Å². The van der Waals surface area contributed by atoms with Crippen molar-refractivity contribution in [3.05, 3.63) is 60.5 Å². The predicted octanol–water partition coefficient (Wildman–Crippen LogP) is 1.98. The van der Waals surface area contributed by atoms with Gasteiger partial charge in [0.25, 0.3) is 0 Å². The quantitative estimate of drug-likeness (QED) is 0.493. The van der Waals surface area contributed by atoms with Crippen LogP contribution in [-0.4, -0.2) is 35.5 Å². The number of carbonyl (C=O) groups excluding carboxylic acids is 2. The Bertz CT molecular complexity index is 1280. The standard InChI is InChI=1S/C18H15N7O.CO2/c19-18-22-16-13(11-20-24(16)9-8-12-5-2-1-3-6-12)17-21-15(23-25(17)18)14-7-4-10-26-14;2-1-3/h1-7,10-11H,8-9H2,(H2,19,22);. The van der Waals surface area contributed by atoms with Crippen molar-refractivity contribution in [2.24, 2.45) is 0 Å². The number of benzene rings is 1. The van der Waals surface area contributed by atoms with Gasteiger partial charge in [-0.15, -0.1) is 5.10 Å². The van der Waals surface area contributed by atoms with Crippen LogP contribution < -0.4 is 5.73 Å². The van der Waals surface area contributed by atoms with E-state index in [9.17, 15) is 0 Å². The second-order valence-corrected chi connectivity index (χ2v) is 6.04. The minimum Gasteiger partial charge on any atom is -0.461 e. The molecule has 0 aliphatic rings. The normalized spacial score (nSPS) is 10.6. The van der Waals surface area contributed by atoms with E-state index in [1.807, 2.05) is 22.9 Å². The summed E-state index contributed by atoms with van der Waals surface area (Å²) in [5.74, 6) is 1.31. The average molecular weight is 389 g/mol. The number of furan rings is 1. The Morgan fingerprint density at radius 3 is 2.55 bits per heavy atom. The lowest BCUT2D eigenvalue weighted by molar-refractivity contribution is -0.191. The van der Waals surface area contributed by atoms with Gasteiger partial charge in [0, 0.05) is 6.54 Å². The Morgan fingerprint density at radius 2 is 1.83 bits per heavy atom. The van der Waals surface area contributed by atoms with E-state index in [-0.39, 0.29) is 12.1 Å². The summed E-state index contributed by atoms with van der Waals surface area (Å²) in [6.07, 6.45) is 4.44. The lowest BCUT2D eigenvalue weighted by Crippen LogP contribution is -2.07. The molecule has 0 spiro atoms. The Labute approximate surface area is 163 Å². The molecule has 4 aromatic heterocycles. The summed E-state index contributed by atoms with van der Waals surface area (Å²) < 4.78 is 8.74. The first-order valence-corrected chi connectivity index (χ1v) is 8.66. The maximum absolute atomic E-state index is 8.12. The fraction of sp³-hybridized carbons (Fsp3) is 0.105. The van der Waals surface area contributed by atoms with Crippen LogP contribution in [0.4, 0.5) is 5.95 Å². The second-order valence-electron chi connectivity index (χ2n) is 6.04. The molecule has 0 unspecified atom stereocenters. The third-order valence-electron chi connectivity index (χ3n) is 4.29. The Kier molecular flexibility index (Phi) is 4.83. The van der Waals surface area contributed by atoms with E-state index >= 15 is 0 Å². The van der Waals surface area contributed by atoms with Gasteiger partial charge < -0.3 is 10.2 Å². The molecule has 0 saturated heterocycles. The van der Waals surface area contributed by atoms with Crippen LogP contribution >= 0.6 is 0 Å². The number of fused-ring (bicyclic) bond motifs is 3. The smallest absolute Gasteiger partial charge is 0.373 e. The van der Waals surface area contributed by atoms with E-state index in [4.69, 9.17) is 19.7 Å². The summed E-state index contributed by atoms with van der Waals surface area (Å²) in [5, 5.41) is 9.67. The number of nitrogen functional groups attached to an aromatic ring is 1. The van der Waals surface area contributed by atoms with Crippen LogP contribution in [0, 0.1) is 0 Å². The number of aromatic nitrogens is 6. The Morgan fingerprint density at radius 1 is 1.03 bits per heavy atom. The molecule has 10 nitrogen and oxygen atoms in total. The zero-order chi connectivity index (χ0) is 20.2. The highest BCUT2D eigenvalue weighted by Gasteiger charge is 2.17. The highest BCUT2D eigenvalue weighted by molar-refractivity contribution is 5.90. The predicted molar refractivity (Wildman–Crippen MR) is 101 cm³/mol. The molecule has 144 valence electrons. The monoisotopic (exact) mass is 389 g/mol. The Balaban J connectivity index is 0.000000645. The summed E-state index contributed by atoms with van der Waals surface area (Å²) >= 11 is 0. The number of hydrogen-bond acceptors (Lipinski definition) is 8. The summed E-state index contributed by atoms with van der Waals surface area (Å²) in [6, 6.07) is 13.9. The van der Waals surface area contributed by atoms with Crippen molar-refractivity contribution >= 4 is 28.8 Å². The van der Waals surface area contributed by atoms with E-state index in [1.54, 1.807) is 24.6 Å². The average Bonchev–Trinajstić information content (AvgIpc) is 3.47. The molecule has 2 N–H and O–H groups in total. The van der Waals surface area contributed by atoms with Crippen LogP contribution in [0.5, 0.6) is 0 Å². The zero-order valence-corrected chi connectivity index (χ0v) is 15.1. The molecule has 0 atom stereocenters. The molecule has 0 aliphatic heterocycles. The molecular weight excluding hydrogens is 374 g/mol. The van der Waals surface area contributed by atoms with Crippen LogP contribution in [0.1, 0.15) is 5.56 Å². The largest absolute Gasteiger partial charge is 0.461 e. The molecule has 1 aromatic carbocycles. The van der Waals surface area contributed by atoms with Crippen molar-refractivity contribution < 1.29 is 14.0 Å². The third-order valence-corrected chi connectivity index (χ3v) is 4.29. The van der Waals surface area contributed by atoms with Crippen LogP contribution in [0.15, 0.2) is 59.3 Å². The fourth-order valence-electron chi connectivity index (χ4n) is 3.01. The molecule has 0 bridgehead atoms.